The number of hydrogen-bond donors (Lipinski definition) is 2. The van der Waals surface area contributed by atoms with Crippen molar-refractivity contribution in [3.63, 3.8) is 0 Å². The quantitative estimate of drug-likeness (QED) is 0.156. The fourth-order valence-corrected chi connectivity index (χ4v) is 5.91. The van der Waals surface area contributed by atoms with Crippen LogP contribution in [-0.4, -0.2) is 37.5 Å². The van der Waals surface area contributed by atoms with E-state index in [0.717, 1.165) is 91.7 Å². The Kier molecular flexibility index (Phi) is 16.7. The number of ketones is 1. The predicted octanol–water partition coefficient (Wildman–Crippen LogP) is 8.51. The summed E-state index contributed by atoms with van der Waals surface area (Å²) in [5.41, 5.74) is 7.37. The van der Waals surface area contributed by atoms with E-state index in [2.05, 4.69) is 31.8 Å². The van der Waals surface area contributed by atoms with Crippen molar-refractivity contribution < 1.29 is 32.2 Å². The fraction of sp³-hybridized carbons (Fsp3) is 0.463. The zero-order valence-corrected chi connectivity index (χ0v) is 29.7. The van der Waals surface area contributed by atoms with Crippen LogP contribution in [0.1, 0.15) is 110 Å². The molecule has 1 fully saturated rings. The molecule has 0 aliphatic carbocycles. The monoisotopic (exact) mass is 694 g/mol. The van der Waals surface area contributed by atoms with Crippen molar-refractivity contribution >= 4 is 24.3 Å². The first kappa shape index (κ1) is 40.5. The fourth-order valence-electron chi connectivity index (χ4n) is 5.91. The van der Waals surface area contributed by atoms with E-state index in [9.17, 15) is 22.8 Å². The number of alkyl halides is 3. The lowest BCUT2D eigenvalue weighted by Crippen LogP contribution is -2.37. The molecule has 2 unspecified atom stereocenters. The third kappa shape index (κ3) is 13.1. The molecule has 3 aromatic rings. The van der Waals surface area contributed by atoms with Gasteiger partial charge < -0.3 is 20.5 Å². The molecule has 2 atom stereocenters. The van der Waals surface area contributed by atoms with E-state index >= 15 is 0 Å². The lowest BCUT2D eigenvalue weighted by atomic mass is 9.95. The van der Waals surface area contributed by atoms with Crippen molar-refractivity contribution in [2.75, 3.05) is 19.7 Å². The highest BCUT2D eigenvalue weighted by Gasteiger charge is 2.30. The summed E-state index contributed by atoms with van der Waals surface area (Å²) in [6.07, 6.45) is 7.82. The highest BCUT2D eigenvalue weighted by Crippen LogP contribution is 2.31. The van der Waals surface area contributed by atoms with Gasteiger partial charge in [0.15, 0.2) is 5.78 Å². The number of unbranched alkanes of at least 4 members (excludes halogenated alkanes) is 1. The van der Waals surface area contributed by atoms with E-state index in [4.69, 9.17) is 15.2 Å². The van der Waals surface area contributed by atoms with Crippen LogP contribution < -0.4 is 26.2 Å². The lowest BCUT2D eigenvalue weighted by Gasteiger charge is -2.22. The number of halogens is 3. The van der Waals surface area contributed by atoms with Crippen LogP contribution in [0, 0.1) is 12.8 Å². The normalized spacial score (nSPS) is 15.5. The second-order valence-electron chi connectivity index (χ2n) is 12.9. The van der Waals surface area contributed by atoms with E-state index in [1.165, 1.54) is 18.6 Å². The number of carbonyl (C=O) groups is 2. The van der Waals surface area contributed by atoms with E-state index < -0.39 is 11.7 Å². The van der Waals surface area contributed by atoms with Gasteiger partial charge in [0.05, 0.1) is 11.7 Å². The molecule has 1 aliphatic rings. The second kappa shape index (κ2) is 20.7. The largest absolute Gasteiger partial charge is 0.457 e. The molecule has 1 heterocycles. The van der Waals surface area contributed by atoms with Crippen molar-refractivity contribution in [2.24, 2.45) is 11.7 Å². The molecule has 0 aromatic heterocycles. The summed E-state index contributed by atoms with van der Waals surface area (Å²) in [7, 11) is 0. The van der Waals surface area contributed by atoms with E-state index in [-0.39, 0.29) is 17.8 Å². The zero-order valence-electron chi connectivity index (χ0n) is 29.7. The maximum Gasteiger partial charge on any atom is 0.416 e. The number of Topliss-reactive ketones (excluding diaryl/α,β-unsaturated/α-hetero) is 1. The smallest absolute Gasteiger partial charge is 0.416 e. The second-order valence-corrected chi connectivity index (χ2v) is 12.9. The van der Waals surface area contributed by atoms with E-state index in [0.29, 0.717) is 42.5 Å². The maximum atomic E-state index is 12.6. The molecule has 3 aromatic carbocycles. The topological polar surface area (TPSA) is 90.6 Å². The lowest BCUT2D eigenvalue weighted by molar-refractivity contribution is -0.137. The van der Waals surface area contributed by atoms with Gasteiger partial charge in [-0.15, -0.1) is 0 Å². The van der Waals surface area contributed by atoms with Crippen LogP contribution in [0.3, 0.4) is 0 Å². The number of nitrogens with two attached hydrogens (primary N) is 1. The van der Waals surface area contributed by atoms with Gasteiger partial charge in [-0.05, 0) is 135 Å². The SMILES string of the molecule is C=c1ccc(C(=O)NCC2CCCCO2)c(C)/c1=C/CCC.CCCC(CN)CCCC(=O)c1ccc(Oc2ccc(C(F)(F)F)cc2)cc1. The summed E-state index contributed by atoms with van der Waals surface area (Å²) in [5, 5.41) is 5.10. The number of ether oxygens (including phenoxy) is 2. The Hall–Kier alpha value is -3.95. The number of rotatable bonds is 15. The number of benzene rings is 3. The van der Waals surface area contributed by atoms with Gasteiger partial charge in [0.1, 0.15) is 11.5 Å². The Balaban J connectivity index is 0.000000278. The molecule has 0 saturated carbocycles. The van der Waals surface area contributed by atoms with Gasteiger partial charge in [-0.2, -0.15) is 13.2 Å². The standard InChI is InChI=1S/C22H26F3NO2.C19H27NO2/c1-2-4-16(15-26)5-3-6-21(27)17-7-11-19(12-8-17)28-20-13-9-18(10-14-20)22(23,24)25;1-4-5-9-17-14(2)10-11-18(15(17)3)19(21)20-13-16-8-6-7-12-22-16/h7-14,16H,2-6,15,26H2,1H3;9-11,16H,2,4-8,12-13H2,1,3H3,(H,20,21)/b;17-9+. The molecule has 1 amide bonds. The van der Waals surface area contributed by atoms with Crippen LogP contribution >= 0.6 is 0 Å². The van der Waals surface area contributed by atoms with Gasteiger partial charge in [-0.3, -0.25) is 9.59 Å². The number of amides is 1. The van der Waals surface area contributed by atoms with Crippen molar-refractivity contribution in [1.29, 1.82) is 0 Å². The zero-order chi connectivity index (χ0) is 36.5. The van der Waals surface area contributed by atoms with Crippen molar-refractivity contribution in [3.8, 4) is 11.5 Å². The summed E-state index contributed by atoms with van der Waals surface area (Å²) in [6.45, 7) is 12.4. The van der Waals surface area contributed by atoms with Crippen molar-refractivity contribution in [3.05, 3.63) is 93.4 Å². The predicted molar refractivity (Wildman–Crippen MR) is 195 cm³/mol. The Morgan fingerprint density at radius 2 is 1.68 bits per heavy atom. The Labute approximate surface area is 294 Å². The summed E-state index contributed by atoms with van der Waals surface area (Å²) in [5.74, 6) is 1.28. The molecular formula is C41H53F3N2O4. The molecule has 4 rings (SSSR count). The number of carbonyl (C=O) groups excluding carboxylic acids is 2. The van der Waals surface area contributed by atoms with E-state index in [1.807, 2.05) is 19.1 Å². The Morgan fingerprint density at radius 1 is 1.00 bits per heavy atom. The van der Waals surface area contributed by atoms with Gasteiger partial charge in [-0.1, -0.05) is 45.4 Å². The molecule has 0 spiro atoms. The molecule has 50 heavy (non-hydrogen) atoms. The Bertz CT molecular complexity index is 1600. The summed E-state index contributed by atoms with van der Waals surface area (Å²) >= 11 is 0. The molecule has 1 aliphatic heterocycles. The average molecular weight is 695 g/mol. The number of hydrogen-bond acceptors (Lipinski definition) is 5. The molecule has 272 valence electrons. The van der Waals surface area contributed by atoms with Gasteiger partial charge >= 0.3 is 6.18 Å². The molecule has 1 saturated heterocycles. The highest BCUT2D eigenvalue weighted by molar-refractivity contribution is 5.96. The Morgan fingerprint density at radius 3 is 2.26 bits per heavy atom. The minimum Gasteiger partial charge on any atom is -0.457 e. The van der Waals surface area contributed by atoms with Crippen LogP contribution in [0.15, 0.2) is 60.7 Å². The van der Waals surface area contributed by atoms with Gasteiger partial charge in [0, 0.05) is 30.7 Å². The van der Waals surface area contributed by atoms with Crippen molar-refractivity contribution in [2.45, 2.75) is 97.3 Å². The molecule has 0 radical (unpaired) electrons. The van der Waals surface area contributed by atoms with Gasteiger partial charge in [0.2, 0.25) is 0 Å². The minimum atomic E-state index is -4.37. The first-order valence-corrected chi connectivity index (χ1v) is 17.8. The first-order chi connectivity index (χ1) is 24.0. The molecule has 9 heteroatoms. The van der Waals surface area contributed by atoms with Crippen LogP contribution in [-0.2, 0) is 10.9 Å². The van der Waals surface area contributed by atoms with Gasteiger partial charge in [-0.25, -0.2) is 0 Å². The number of nitrogens with one attached hydrogen (secondary N) is 1. The maximum absolute atomic E-state index is 12.6. The van der Waals surface area contributed by atoms with Crippen molar-refractivity contribution in [1.82, 2.24) is 5.32 Å². The molecular weight excluding hydrogens is 641 g/mol. The average Bonchev–Trinajstić information content (AvgIpc) is 3.11. The van der Waals surface area contributed by atoms with Crippen LogP contribution in [0.4, 0.5) is 13.2 Å². The summed E-state index contributed by atoms with van der Waals surface area (Å²) < 4.78 is 48.9. The molecule has 0 bridgehead atoms. The molecule has 3 N–H and O–H groups in total. The third-order valence-electron chi connectivity index (χ3n) is 8.89. The first-order valence-electron chi connectivity index (χ1n) is 17.8. The van der Waals surface area contributed by atoms with Crippen LogP contribution in [0.2, 0.25) is 0 Å². The summed E-state index contributed by atoms with van der Waals surface area (Å²) in [6, 6.07) is 14.9. The van der Waals surface area contributed by atoms with Gasteiger partial charge in [0.25, 0.3) is 5.91 Å². The molecule has 6 nitrogen and oxygen atoms in total. The minimum absolute atomic E-state index is 0.0159. The van der Waals surface area contributed by atoms with Crippen LogP contribution in [0.25, 0.3) is 12.7 Å². The van der Waals surface area contributed by atoms with E-state index in [1.54, 1.807) is 24.3 Å². The third-order valence-corrected chi connectivity index (χ3v) is 8.89. The summed E-state index contributed by atoms with van der Waals surface area (Å²) in [4.78, 5) is 24.7. The van der Waals surface area contributed by atoms with Crippen LogP contribution in [0.5, 0.6) is 11.5 Å². The highest BCUT2D eigenvalue weighted by atomic mass is 19.4.